The molecule has 1 amide bonds. The maximum atomic E-state index is 12.8. The van der Waals surface area contributed by atoms with Gasteiger partial charge in [-0.3, -0.25) is 9.78 Å². The van der Waals surface area contributed by atoms with Crippen molar-refractivity contribution >= 4 is 17.2 Å². The maximum Gasteiger partial charge on any atom is 0.253 e. The van der Waals surface area contributed by atoms with Crippen LogP contribution in [0.4, 0.5) is 0 Å². The Morgan fingerprint density at radius 2 is 1.97 bits per heavy atom. The number of carbonyl (C=O) groups is 1. The topological polar surface area (TPSA) is 59.8 Å². The van der Waals surface area contributed by atoms with Crippen molar-refractivity contribution in [3.8, 4) is 11.3 Å². The fraction of sp³-hybridized carbons (Fsp3) is 0.458. The Labute approximate surface area is 182 Å². The van der Waals surface area contributed by atoms with Crippen molar-refractivity contribution in [2.24, 2.45) is 0 Å². The summed E-state index contributed by atoms with van der Waals surface area (Å²) in [6, 6.07) is 6.56. The third-order valence-electron chi connectivity index (χ3n) is 6.05. The summed E-state index contributed by atoms with van der Waals surface area (Å²) in [4.78, 5) is 21.5. The Hall–Kier alpha value is -2.47. The van der Waals surface area contributed by atoms with Crippen molar-refractivity contribution in [1.82, 2.24) is 19.9 Å². The van der Waals surface area contributed by atoms with E-state index in [2.05, 4.69) is 40.2 Å². The smallest absolute Gasteiger partial charge is 0.253 e. The molecule has 3 heterocycles. The van der Waals surface area contributed by atoms with E-state index < -0.39 is 0 Å². The standard InChI is InChI=1S/C24H30N4OS/c1-17-15-21(18(2)28(17)20-7-4-3-5-8-20)24(29)26-12-6-9-23-27-22(16-30-23)19-10-13-25-14-11-19/h10-11,13-16,20H,3-9,12H2,1-2H3,(H,26,29). The van der Waals surface area contributed by atoms with E-state index in [1.807, 2.05) is 12.1 Å². The van der Waals surface area contributed by atoms with Crippen LogP contribution in [0.1, 0.15) is 71.3 Å². The first-order valence-corrected chi connectivity index (χ1v) is 11.8. The monoisotopic (exact) mass is 422 g/mol. The van der Waals surface area contributed by atoms with Gasteiger partial charge in [0.15, 0.2) is 0 Å². The summed E-state index contributed by atoms with van der Waals surface area (Å²) in [6.07, 6.45) is 11.7. The lowest BCUT2D eigenvalue weighted by Gasteiger charge is -2.26. The molecule has 1 N–H and O–H groups in total. The quantitative estimate of drug-likeness (QED) is 0.512. The summed E-state index contributed by atoms with van der Waals surface area (Å²) in [7, 11) is 0. The highest BCUT2D eigenvalue weighted by Crippen LogP contribution is 2.32. The largest absolute Gasteiger partial charge is 0.352 e. The lowest BCUT2D eigenvalue weighted by atomic mass is 9.95. The van der Waals surface area contributed by atoms with Crippen LogP contribution in [0.3, 0.4) is 0 Å². The molecule has 5 nitrogen and oxygen atoms in total. The van der Waals surface area contributed by atoms with Crippen LogP contribution in [0.5, 0.6) is 0 Å². The van der Waals surface area contributed by atoms with Crippen molar-refractivity contribution < 1.29 is 4.79 Å². The van der Waals surface area contributed by atoms with Gasteiger partial charge in [0.25, 0.3) is 5.91 Å². The molecule has 1 aliphatic carbocycles. The van der Waals surface area contributed by atoms with E-state index in [-0.39, 0.29) is 5.91 Å². The Balaban J connectivity index is 1.30. The van der Waals surface area contributed by atoms with Gasteiger partial charge < -0.3 is 9.88 Å². The van der Waals surface area contributed by atoms with E-state index in [1.165, 1.54) is 37.8 Å². The van der Waals surface area contributed by atoms with Crippen molar-refractivity contribution in [1.29, 1.82) is 0 Å². The first-order valence-electron chi connectivity index (χ1n) is 10.9. The molecular weight excluding hydrogens is 392 g/mol. The molecule has 4 rings (SSSR count). The second-order valence-corrected chi connectivity index (χ2v) is 9.11. The summed E-state index contributed by atoms with van der Waals surface area (Å²) < 4.78 is 2.39. The van der Waals surface area contributed by atoms with Gasteiger partial charge in [0.1, 0.15) is 0 Å². The highest BCUT2D eigenvalue weighted by molar-refractivity contribution is 7.09. The minimum atomic E-state index is 0.0433. The summed E-state index contributed by atoms with van der Waals surface area (Å²) in [6.45, 7) is 4.88. The normalized spacial score (nSPS) is 14.7. The molecule has 0 radical (unpaired) electrons. The van der Waals surface area contributed by atoms with E-state index in [0.29, 0.717) is 12.6 Å². The molecular formula is C24H30N4OS. The number of rotatable bonds is 7. The zero-order valence-electron chi connectivity index (χ0n) is 17.9. The Morgan fingerprint density at radius 3 is 2.73 bits per heavy atom. The molecule has 0 saturated heterocycles. The van der Waals surface area contributed by atoms with Crippen molar-refractivity contribution in [2.75, 3.05) is 6.54 Å². The summed E-state index contributed by atoms with van der Waals surface area (Å²) in [5, 5.41) is 6.30. The van der Waals surface area contributed by atoms with Crippen molar-refractivity contribution in [3.63, 3.8) is 0 Å². The van der Waals surface area contributed by atoms with Crippen LogP contribution in [0.15, 0.2) is 36.0 Å². The van der Waals surface area contributed by atoms with Crippen LogP contribution in [0.25, 0.3) is 11.3 Å². The van der Waals surface area contributed by atoms with E-state index in [0.717, 1.165) is 40.4 Å². The van der Waals surface area contributed by atoms with Gasteiger partial charge in [0, 0.05) is 53.7 Å². The average molecular weight is 423 g/mol. The minimum absolute atomic E-state index is 0.0433. The van der Waals surface area contributed by atoms with Crippen molar-refractivity contribution in [3.05, 3.63) is 57.9 Å². The molecule has 0 aromatic carbocycles. The molecule has 0 bridgehead atoms. The maximum absolute atomic E-state index is 12.8. The fourth-order valence-electron chi connectivity index (χ4n) is 4.53. The molecule has 0 atom stereocenters. The molecule has 3 aromatic heterocycles. The third kappa shape index (κ3) is 4.64. The molecule has 1 aliphatic rings. The van der Waals surface area contributed by atoms with Crippen LogP contribution in [-0.4, -0.2) is 27.0 Å². The predicted molar refractivity (Wildman–Crippen MR) is 122 cm³/mol. The van der Waals surface area contributed by atoms with Gasteiger partial charge in [-0.05, 0) is 51.3 Å². The van der Waals surface area contributed by atoms with E-state index in [1.54, 1.807) is 23.7 Å². The van der Waals surface area contributed by atoms with Gasteiger partial charge in [-0.25, -0.2) is 4.98 Å². The highest BCUT2D eigenvalue weighted by atomic mass is 32.1. The van der Waals surface area contributed by atoms with Gasteiger partial charge in [-0.1, -0.05) is 19.3 Å². The number of nitrogens with one attached hydrogen (secondary N) is 1. The van der Waals surface area contributed by atoms with Gasteiger partial charge in [-0.15, -0.1) is 11.3 Å². The van der Waals surface area contributed by atoms with Crippen LogP contribution in [0.2, 0.25) is 0 Å². The molecule has 30 heavy (non-hydrogen) atoms. The third-order valence-corrected chi connectivity index (χ3v) is 6.96. The van der Waals surface area contributed by atoms with Crippen molar-refractivity contribution in [2.45, 2.75) is 64.8 Å². The number of thiazole rings is 1. The van der Waals surface area contributed by atoms with Crippen LogP contribution < -0.4 is 5.32 Å². The average Bonchev–Trinajstić information content (AvgIpc) is 3.36. The molecule has 0 aliphatic heterocycles. The Morgan fingerprint density at radius 1 is 1.20 bits per heavy atom. The summed E-state index contributed by atoms with van der Waals surface area (Å²) in [5.74, 6) is 0.0433. The number of pyridine rings is 1. The van der Waals surface area contributed by atoms with Gasteiger partial charge in [0.05, 0.1) is 16.3 Å². The fourth-order valence-corrected chi connectivity index (χ4v) is 5.38. The lowest BCUT2D eigenvalue weighted by Crippen LogP contribution is -2.25. The first-order chi connectivity index (χ1) is 14.6. The molecule has 6 heteroatoms. The second kappa shape index (κ2) is 9.56. The lowest BCUT2D eigenvalue weighted by molar-refractivity contribution is 0.0952. The SMILES string of the molecule is Cc1cc(C(=O)NCCCc2nc(-c3ccncc3)cs2)c(C)n1C1CCCCC1. The Bertz CT molecular complexity index is 986. The zero-order valence-corrected chi connectivity index (χ0v) is 18.7. The van der Waals surface area contributed by atoms with E-state index in [4.69, 9.17) is 4.98 Å². The number of carbonyl (C=O) groups excluding carboxylic acids is 1. The molecule has 1 saturated carbocycles. The number of hydrogen-bond donors (Lipinski definition) is 1. The highest BCUT2D eigenvalue weighted by Gasteiger charge is 2.22. The van der Waals surface area contributed by atoms with Crippen LogP contribution in [-0.2, 0) is 6.42 Å². The number of amides is 1. The molecule has 0 spiro atoms. The van der Waals surface area contributed by atoms with Crippen LogP contribution >= 0.6 is 11.3 Å². The minimum Gasteiger partial charge on any atom is -0.352 e. The van der Waals surface area contributed by atoms with Gasteiger partial charge >= 0.3 is 0 Å². The first kappa shape index (κ1) is 20.8. The summed E-state index contributed by atoms with van der Waals surface area (Å²) >= 11 is 1.68. The molecule has 158 valence electrons. The number of hydrogen-bond acceptors (Lipinski definition) is 4. The number of nitrogens with zero attached hydrogens (tertiary/aromatic N) is 3. The Kier molecular flexibility index (Phi) is 6.62. The number of aryl methyl sites for hydroxylation is 2. The molecule has 3 aromatic rings. The second-order valence-electron chi connectivity index (χ2n) is 8.17. The van der Waals surface area contributed by atoms with E-state index >= 15 is 0 Å². The number of aromatic nitrogens is 3. The molecule has 1 fully saturated rings. The van der Waals surface area contributed by atoms with Gasteiger partial charge in [0.2, 0.25) is 0 Å². The summed E-state index contributed by atoms with van der Waals surface area (Å²) in [5.41, 5.74) is 5.23. The zero-order chi connectivity index (χ0) is 20.9. The molecule has 0 unspecified atom stereocenters. The van der Waals surface area contributed by atoms with E-state index in [9.17, 15) is 4.79 Å². The van der Waals surface area contributed by atoms with Crippen LogP contribution in [0, 0.1) is 13.8 Å². The predicted octanol–water partition coefficient (Wildman–Crippen LogP) is 5.49. The van der Waals surface area contributed by atoms with Gasteiger partial charge in [-0.2, -0.15) is 0 Å².